The molecule has 0 radical (unpaired) electrons. The molecular formula is C16H21N5OS2. The Balaban J connectivity index is 1.31. The van der Waals surface area contributed by atoms with Gasteiger partial charge in [0.25, 0.3) is 0 Å². The standard InChI is InChI=1S/C16H21N5OS2/c1-20(10-14-19-12-4-2-3-5-13(12)24-14)15(22)17-8-11-9-21-6-7-23-16(21)18-11/h9H,2-8,10H2,1H3,(H,17,22). The van der Waals surface area contributed by atoms with Crippen LogP contribution in [0, 0.1) is 0 Å². The van der Waals surface area contributed by atoms with Crippen molar-refractivity contribution in [3.05, 3.63) is 27.5 Å². The summed E-state index contributed by atoms with van der Waals surface area (Å²) in [6, 6.07) is -0.0796. The summed E-state index contributed by atoms with van der Waals surface area (Å²) in [7, 11) is 1.82. The zero-order chi connectivity index (χ0) is 16.5. The minimum atomic E-state index is -0.0796. The highest BCUT2D eigenvalue weighted by Gasteiger charge is 2.18. The molecule has 24 heavy (non-hydrogen) atoms. The first kappa shape index (κ1) is 16.0. The largest absolute Gasteiger partial charge is 0.332 e. The predicted octanol–water partition coefficient (Wildman–Crippen LogP) is 2.67. The van der Waals surface area contributed by atoms with Crippen molar-refractivity contribution < 1.29 is 4.79 Å². The van der Waals surface area contributed by atoms with E-state index in [1.165, 1.54) is 23.4 Å². The van der Waals surface area contributed by atoms with Crippen LogP contribution in [0.5, 0.6) is 0 Å². The van der Waals surface area contributed by atoms with Gasteiger partial charge in [0.1, 0.15) is 5.01 Å². The molecule has 128 valence electrons. The Hall–Kier alpha value is -1.54. The first-order valence-corrected chi connectivity index (χ1v) is 10.1. The van der Waals surface area contributed by atoms with Crippen LogP contribution in [0.25, 0.3) is 0 Å². The summed E-state index contributed by atoms with van der Waals surface area (Å²) in [4.78, 5) is 24.6. The van der Waals surface area contributed by atoms with Crippen molar-refractivity contribution in [3.8, 4) is 0 Å². The Morgan fingerprint density at radius 2 is 2.25 bits per heavy atom. The summed E-state index contributed by atoms with van der Waals surface area (Å²) in [5.74, 6) is 1.09. The number of carbonyl (C=O) groups excluding carboxylic acids is 1. The van der Waals surface area contributed by atoms with E-state index in [9.17, 15) is 4.79 Å². The predicted molar refractivity (Wildman–Crippen MR) is 95.4 cm³/mol. The van der Waals surface area contributed by atoms with Gasteiger partial charge in [0.05, 0.1) is 24.5 Å². The smallest absolute Gasteiger partial charge is 0.317 e. The number of hydrogen-bond acceptors (Lipinski definition) is 5. The molecule has 4 rings (SSSR count). The molecule has 6 nitrogen and oxygen atoms in total. The van der Waals surface area contributed by atoms with Crippen LogP contribution in [0.1, 0.15) is 34.1 Å². The van der Waals surface area contributed by atoms with E-state index in [-0.39, 0.29) is 6.03 Å². The normalized spacial score (nSPS) is 15.9. The van der Waals surface area contributed by atoms with Crippen molar-refractivity contribution >= 4 is 29.1 Å². The van der Waals surface area contributed by atoms with Crippen LogP contribution in [0.4, 0.5) is 4.79 Å². The third-order valence-electron chi connectivity index (χ3n) is 4.38. The molecule has 0 bridgehead atoms. The number of aromatic nitrogens is 3. The quantitative estimate of drug-likeness (QED) is 0.907. The molecule has 8 heteroatoms. The van der Waals surface area contributed by atoms with Crippen LogP contribution >= 0.6 is 23.1 Å². The number of aryl methyl sites for hydroxylation is 3. The molecule has 2 aliphatic rings. The maximum absolute atomic E-state index is 12.3. The first-order valence-electron chi connectivity index (χ1n) is 8.34. The Morgan fingerprint density at radius 3 is 3.08 bits per heavy atom. The number of nitrogens with one attached hydrogen (secondary N) is 1. The minimum absolute atomic E-state index is 0.0796. The number of thioether (sulfide) groups is 1. The van der Waals surface area contributed by atoms with Gasteiger partial charge in [0, 0.05) is 30.4 Å². The molecule has 2 aromatic rings. The van der Waals surface area contributed by atoms with Crippen molar-refractivity contribution in [3.63, 3.8) is 0 Å². The third kappa shape index (κ3) is 3.30. The number of thiazole rings is 1. The van der Waals surface area contributed by atoms with Gasteiger partial charge in [-0.3, -0.25) is 0 Å². The topological polar surface area (TPSA) is 63.1 Å². The lowest BCUT2D eigenvalue weighted by Crippen LogP contribution is -2.36. The van der Waals surface area contributed by atoms with Gasteiger partial charge in [0.15, 0.2) is 5.16 Å². The van der Waals surface area contributed by atoms with Gasteiger partial charge in [-0.25, -0.2) is 14.8 Å². The van der Waals surface area contributed by atoms with Crippen LogP contribution in [0.2, 0.25) is 0 Å². The second kappa shape index (κ2) is 6.76. The lowest BCUT2D eigenvalue weighted by Gasteiger charge is -2.16. The van der Waals surface area contributed by atoms with E-state index in [1.807, 2.05) is 13.2 Å². The number of amides is 2. The number of rotatable bonds is 4. The molecule has 1 N–H and O–H groups in total. The number of imidazole rings is 1. The Morgan fingerprint density at radius 1 is 1.38 bits per heavy atom. The molecular weight excluding hydrogens is 342 g/mol. The van der Waals surface area contributed by atoms with Gasteiger partial charge in [0.2, 0.25) is 0 Å². The zero-order valence-electron chi connectivity index (χ0n) is 13.7. The van der Waals surface area contributed by atoms with Gasteiger partial charge in [-0.15, -0.1) is 11.3 Å². The molecule has 2 amide bonds. The average Bonchev–Trinajstić information content (AvgIpc) is 3.25. The van der Waals surface area contributed by atoms with Gasteiger partial charge in [-0.2, -0.15) is 0 Å². The van der Waals surface area contributed by atoms with E-state index in [0.29, 0.717) is 13.1 Å². The van der Waals surface area contributed by atoms with Gasteiger partial charge >= 0.3 is 6.03 Å². The number of hydrogen-bond donors (Lipinski definition) is 1. The molecule has 0 fully saturated rings. The highest BCUT2D eigenvalue weighted by atomic mass is 32.2. The lowest BCUT2D eigenvalue weighted by atomic mass is 10.0. The molecule has 1 aliphatic heterocycles. The zero-order valence-corrected chi connectivity index (χ0v) is 15.4. The van der Waals surface area contributed by atoms with Gasteiger partial charge in [-0.1, -0.05) is 11.8 Å². The monoisotopic (exact) mass is 363 g/mol. The second-order valence-corrected chi connectivity index (χ2v) is 8.49. The van der Waals surface area contributed by atoms with Crippen LogP contribution in [0.15, 0.2) is 11.4 Å². The Bertz CT molecular complexity index is 709. The minimum Gasteiger partial charge on any atom is -0.332 e. The Labute approximate surface area is 149 Å². The molecule has 0 saturated heterocycles. The summed E-state index contributed by atoms with van der Waals surface area (Å²) in [5.41, 5.74) is 2.17. The maximum Gasteiger partial charge on any atom is 0.317 e. The second-order valence-electron chi connectivity index (χ2n) is 6.26. The highest BCUT2D eigenvalue weighted by Crippen LogP contribution is 2.27. The van der Waals surface area contributed by atoms with E-state index in [2.05, 4.69) is 14.9 Å². The summed E-state index contributed by atoms with van der Waals surface area (Å²) >= 11 is 3.53. The summed E-state index contributed by atoms with van der Waals surface area (Å²) < 4.78 is 2.15. The Kier molecular flexibility index (Phi) is 4.49. The molecule has 0 spiro atoms. The third-order valence-corrected chi connectivity index (χ3v) is 6.50. The fraction of sp³-hybridized carbons (Fsp3) is 0.562. The van der Waals surface area contributed by atoms with E-state index in [1.54, 1.807) is 28.0 Å². The summed E-state index contributed by atoms with van der Waals surface area (Å²) in [5, 5.41) is 5.04. The first-order chi connectivity index (χ1) is 11.7. The lowest BCUT2D eigenvalue weighted by molar-refractivity contribution is 0.206. The van der Waals surface area contributed by atoms with Gasteiger partial charge < -0.3 is 14.8 Å². The molecule has 0 aromatic carbocycles. The molecule has 1 aliphatic carbocycles. The molecule has 2 aromatic heterocycles. The van der Waals surface area contributed by atoms with E-state index >= 15 is 0 Å². The van der Waals surface area contributed by atoms with Crippen LogP contribution in [-0.4, -0.2) is 38.3 Å². The van der Waals surface area contributed by atoms with Crippen LogP contribution in [0.3, 0.4) is 0 Å². The molecule has 3 heterocycles. The van der Waals surface area contributed by atoms with Crippen molar-refractivity contribution in [2.24, 2.45) is 0 Å². The van der Waals surface area contributed by atoms with Crippen molar-refractivity contribution in [2.75, 3.05) is 12.8 Å². The highest BCUT2D eigenvalue weighted by molar-refractivity contribution is 7.99. The van der Waals surface area contributed by atoms with E-state index in [0.717, 1.165) is 41.0 Å². The fourth-order valence-corrected chi connectivity index (χ4v) is 5.27. The van der Waals surface area contributed by atoms with Crippen molar-refractivity contribution in [1.29, 1.82) is 0 Å². The summed E-state index contributed by atoms with van der Waals surface area (Å²) in [6.07, 6.45) is 6.76. The van der Waals surface area contributed by atoms with Crippen molar-refractivity contribution in [2.45, 2.75) is 50.5 Å². The van der Waals surface area contributed by atoms with Crippen molar-refractivity contribution in [1.82, 2.24) is 24.8 Å². The molecule has 0 unspecified atom stereocenters. The van der Waals surface area contributed by atoms with Crippen LogP contribution < -0.4 is 5.32 Å². The average molecular weight is 364 g/mol. The fourth-order valence-electron chi connectivity index (χ4n) is 3.10. The SMILES string of the molecule is CN(Cc1nc2c(s1)CCCC2)C(=O)NCc1cn2c(n1)SCC2. The molecule has 0 saturated carbocycles. The number of nitrogens with zero attached hydrogens (tertiary/aromatic N) is 4. The number of fused-ring (bicyclic) bond motifs is 2. The summed E-state index contributed by atoms with van der Waals surface area (Å²) in [6.45, 7) is 2.05. The van der Waals surface area contributed by atoms with E-state index in [4.69, 9.17) is 4.98 Å². The molecule has 0 atom stereocenters. The maximum atomic E-state index is 12.3. The number of urea groups is 1. The van der Waals surface area contributed by atoms with E-state index < -0.39 is 0 Å². The van der Waals surface area contributed by atoms with Crippen LogP contribution in [-0.2, 0) is 32.5 Å². The van der Waals surface area contributed by atoms with Gasteiger partial charge in [-0.05, 0) is 25.7 Å². The number of carbonyl (C=O) groups is 1.